The molecule has 1 aromatic carbocycles. The SMILES string of the molecule is COc1c(Cl)ccc(C)c1CC1CCNCC1. The molecule has 0 aliphatic carbocycles. The third kappa shape index (κ3) is 2.93. The molecule has 0 atom stereocenters. The quantitative estimate of drug-likeness (QED) is 0.893. The third-order valence-corrected chi connectivity index (χ3v) is 3.90. The van der Waals surface area contributed by atoms with Crippen molar-refractivity contribution in [3.8, 4) is 5.75 Å². The lowest BCUT2D eigenvalue weighted by molar-refractivity contribution is 0.360. The molecular formula is C14H20ClNO. The van der Waals surface area contributed by atoms with Gasteiger partial charge in [0.2, 0.25) is 0 Å². The monoisotopic (exact) mass is 253 g/mol. The number of aryl methyl sites for hydroxylation is 1. The molecule has 2 rings (SSSR count). The topological polar surface area (TPSA) is 21.3 Å². The van der Waals surface area contributed by atoms with Crippen LogP contribution in [0.5, 0.6) is 5.75 Å². The minimum atomic E-state index is 0.724. The number of hydrogen-bond donors (Lipinski definition) is 1. The van der Waals surface area contributed by atoms with Gasteiger partial charge in [0.25, 0.3) is 0 Å². The summed E-state index contributed by atoms with van der Waals surface area (Å²) in [6.45, 7) is 4.40. The predicted molar refractivity (Wildman–Crippen MR) is 72.0 cm³/mol. The zero-order valence-corrected chi connectivity index (χ0v) is 11.3. The lowest BCUT2D eigenvalue weighted by Crippen LogP contribution is -2.28. The van der Waals surface area contributed by atoms with E-state index in [9.17, 15) is 0 Å². The minimum absolute atomic E-state index is 0.724. The van der Waals surface area contributed by atoms with Gasteiger partial charge in [-0.15, -0.1) is 0 Å². The van der Waals surface area contributed by atoms with Crippen LogP contribution in [-0.4, -0.2) is 20.2 Å². The minimum Gasteiger partial charge on any atom is -0.495 e. The molecule has 0 unspecified atom stereocenters. The summed E-state index contributed by atoms with van der Waals surface area (Å²) < 4.78 is 5.45. The number of methoxy groups -OCH3 is 1. The second-order valence-corrected chi connectivity index (χ2v) is 5.18. The first kappa shape index (κ1) is 12.7. The first-order chi connectivity index (χ1) is 8.22. The predicted octanol–water partition coefficient (Wildman–Crippen LogP) is 3.20. The van der Waals surface area contributed by atoms with E-state index in [0.29, 0.717) is 0 Å². The van der Waals surface area contributed by atoms with Gasteiger partial charge in [-0.05, 0) is 62.4 Å². The number of hydrogen-bond acceptors (Lipinski definition) is 2. The van der Waals surface area contributed by atoms with Gasteiger partial charge in [0.1, 0.15) is 5.75 Å². The van der Waals surface area contributed by atoms with Crippen molar-refractivity contribution in [2.24, 2.45) is 5.92 Å². The van der Waals surface area contributed by atoms with Gasteiger partial charge in [0.15, 0.2) is 0 Å². The molecule has 0 radical (unpaired) electrons. The van der Waals surface area contributed by atoms with Crippen molar-refractivity contribution in [1.29, 1.82) is 0 Å². The number of piperidine rings is 1. The summed E-state index contributed by atoms with van der Waals surface area (Å²) in [6.07, 6.45) is 3.57. The number of halogens is 1. The Kier molecular flexibility index (Phi) is 4.30. The molecule has 94 valence electrons. The molecule has 1 aliphatic heterocycles. The molecule has 1 fully saturated rings. The van der Waals surface area contributed by atoms with E-state index in [0.717, 1.165) is 36.2 Å². The molecule has 0 saturated carbocycles. The maximum absolute atomic E-state index is 6.18. The Balaban J connectivity index is 2.21. The van der Waals surface area contributed by atoms with Crippen LogP contribution in [-0.2, 0) is 6.42 Å². The van der Waals surface area contributed by atoms with Crippen LogP contribution in [0.15, 0.2) is 12.1 Å². The number of ether oxygens (including phenoxy) is 1. The fourth-order valence-corrected chi connectivity index (χ4v) is 2.80. The van der Waals surface area contributed by atoms with E-state index in [-0.39, 0.29) is 0 Å². The van der Waals surface area contributed by atoms with Crippen molar-refractivity contribution in [3.63, 3.8) is 0 Å². The lowest BCUT2D eigenvalue weighted by atomic mass is 9.89. The normalized spacial score (nSPS) is 17.1. The molecule has 17 heavy (non-hydrogen) atoms. The van der Waals surface area contributed by atoms with E-state index in [1.165, 1.54) is 24.0 Å². The zero-order chi connectivity index (χ0) is 12.3. The Labute approximate surface area is 108 Å². The average molecular weight is 254 g/mol. The Hall–Kier alpha value is -0.730. The fraction of sp³-hybridized carbons (Fsp3) is 0.571. The van der Waals surface area contributed by atoms with Gasteiger partial charge in [-0.3, -0.25) is 0 Å². The highest BCUT2D eigenvalue weighted by atomic mass is 35.5. The first-order valence-electron chi connectivity index (χ1n) is 6.25. The van der Waals surface area contributed by atoms with E-state index >= 15 is 0 Å². The average Bonchev–Trinajstić information content (AvgIpc) is 2.35. The van der Waals surface area contributed by atoms with E-state index in [1.54, 1.807) is 7.11 Å². The van der Waals surface area contributed by atoms with Crippen molar-refractivity contribution in [2.75, 3.05) is 20.2 Å². The van der Waals surface area contributed by atoms with Crippen molar-refractivity contribution in [1.82, 2.24) is 5.32 Å². The molecule has 1 N–H and O–H groups in total. The second kappa shape index (κ2) is 5.74. The van der Waals surface area contributed by atoms with E-state index < -0.39 is 0 Å². The van der Waals surface area contributed by atoms with Gasteiger partial charge in [-0.2, -0.15) is 0 Å². The smallest absolute Gasteiger partial charge is 0.140 e. The molecule has 2 nitrogen and oxygen atoms in total. The van der Waals surface area contributed by atoms with Gasteiger partial charge in [-0.1, -0.05) is 17.7 Å². The van der Waals surface area contributed by atoms with Gasteiger partial charge in [0.05, 0.1) is 12.1 Å². The molecular weight excluding hydrogens is 234 g/mol. The summed E-state index contributed by atoms with van der Waals surface area (Å²) in [4.78, 5) is 0. The number of rotatable bonds is 3. The van der Waals surface area contributed by atoms with Crippen LogP contribution in [0.2, 0.25) is 5.02 Å². The molecule has 0 amide bonds. The lowest BCUT2D eigenvalue weighted by Gasteiger charge is -2.24. The summed E-state index contributed by atoms with van der Waals surface area (Å²) in [5, 5.41) is 4.12. The molecule has 3 heteroatoms. The Bertz CT molecular complexity index is 386. The molecule has 1 heterocycles. The van der Waals surface area contributed by atoms with Crippen LogP contribution in [0, 0.1) is 12.8 Å². The standard InChI is InChI=1S/C14H20ClNO/c1-10-3-4-13(15)14(17-2)12(10)9-11-5-7-16-8-6-11/h3-4,11,16H,5-9H2,1-2H3. The van der Waals surface area contributed by atoms with Crippen LogP contribution < -0.4 is 10.1 Å². The van der Waals surface area contributed by atoms with Gasteiger partial charge in [-0.25, -0.2) is 0 Å². The first-order valence-corrected chi connectivity index (χ1v) is 6.63. The highest BCUT2D eigenvalue weighted by molar-refractivity contribution is 6.32. The highest BCUT2D eigenvalue weighted by Gasteiger charge is 2.18. The Morgan fingerprint density at radius 3 is 2.71 bits per heavy atom. The van der Waals surface area contributed by atoms with Crippen LogP contribution in [0.4, 0.5) is 0 Å². The maximum Gasteiger partial charge on any atom is 0.140 e. The molecule has 1 aliphatic rings. The number of benzene rings is 1. The zero-order valence-electron chi connectivity index (χ0n) is 10.6. The largest absolute Gasteiger partial charge is 0.495 e. The van der Waals surface area contributed by atoms with Crippen molar-refractivity contribution in [3.05, 3.63) is 28.3 Å². The molecule has 0 bridgehead atoms. The molecule has 0 spiro atoms. The van der Waals surface area contributed by atoms with Crippen molar-refractivity contribution < 1.29 is 4.74 Å². The summed E-state index contributed by atoms with van der Waals surface area (Å²) in [5.74, 6) is 1.62. The van der Waals surface area contributed by atoms with Gasteiger partial charge >= 0.3 is 0 Å². The summed E-state index contributed by atoms with van der Waals surface area (Å²) in [5.41, 5.74) is 2.57. The van der Waals surface area contributed by atoms with E-state index in [1.807, 2.05) is 6.07 Å². The van der Waals surface area contributed by atoms with Crippen LogP contribution in [0.25, 0.3) is 0 Å². The van der Waals surface area contributed by atoms with Crippen molar-refractivity contribution in [2.45, 2.75) is 26.2 Å². The Morgan fingerprint density at radius 2 is 2.06 bits per heavy atom. The molecule has 1 saturated heterocycles. The third-order valence-electron chi connectivity index (χ3n) is 3.60. The van der Waals surface area contributed by atoms with Gasteiger partial charge in [0, 0.05) is 0 Å². The van der Waals surface area contributed by atoms with Crippen molar-refractivity contribution >= 4 is 11.6 Å². The summed E-state index contributed by atoms with van der Waals surface area (Å²) in [6, 6.07) is 4.00. The Morgan fingerprint density at radius 1 is 1.35 bits per heavy atom. The second-order valence-electron chi connectivity index (χ2n) is 4.77. The van der Waals surface area contributed by atoms with E-state index in [2.05, 4.69) is 18.3 Å². The maximum atomic E-state index is 6.18. The number of nitrogens with one attached hydrogen (secondary N) is 1. The molecule has 1 aromatic rings. The summed E-state index contributed by atoms with van der Waals surface area (Å²) in [7, 11) is 1.70. The van der Waals surface area contributed by atoms with E-state index in [4.69, 9.17) is 16.3 Å². The van der Waals surface area contributed by atoms with Crippen LogP contribution >= 0.6 is 11.6 Å². The van der Waals surface area contributed by atoms with Crippen LogP contribution in [0.1, 0.15) is 24.0 Å². The highest BCUT2D eigenvalue weighted by Crippen LogP contribution is 2.34. The van der Waals surface area contributed by atoms with Gasteiger partial charge < -0.3 is 10.1 Å². The summed E-state index contributed by atoms with van der Waals surface area (Å²) >= 11 is 6.18. The van der Waals surface area contributed by atoms with Crippen LogP contribution in [0.3, 0.4) is 0 Å². The fourth-order valence-electron chi connectivity index (χ4n) is 2.55. The molecule has 0 aromatic heterocycles.